The quantitative estimate of drug-likeness (QED) is 0.362. The number of carbonyl (C=O) groups is 2. The highest BCUT2D eigenvalue weighted by molar-refractivity contribution is 8.14. The molecule has 0 N–H and O–H groups in total. The van der Waals surface area contributed by atoms with Gasteiger partial charge in [-0.05, 0) is 60.2 Å². The van der Waals surface area contributed by atoms with Gasteiger partial charge in [-0.2, -0.15) is 0 Å². The predicted molar refractivity (Wildman–Crippen MR) is 124 cm³/mol. The molecule has 154 valence electrons. The number of benzene rings is 3. The van der Waals surface area contributed by atoms with Crippen LogP contribution in [-0.4, -0.2) is 22.6 Å². The molecule has 0 aliphatic carbocycles. The molecule has 0 fully saturated rings. The van der Waals surface area contributed by atoms with Crippen LogP contribution in [0.1, 0.15) is 15.9 Å². The van der Waals surface area contributed by atoms with E-state index in [0.29, 0.717) is 21.4 Å². The Balaban J connectivity index is 1.61. The van der Waals surface area contributed by atoms with E-state index in [2.05, 4.69) is 4.99 Å². The SMILES string of the molecule is O=C(CSC1=N/C(=C/c2ccccc2)C(=O)N1c1ccc(F)cc1)c1ccc(Cl)cc1. The maximum atomic E-state index is 13.4. The fourth-order valence-corrected chi connectivity index (χ4v) is 4.00. The fraction of sp³-hybridized carbons (Fsp3) is 0.0417. The summed E-state index contributed by atoms with van der Waals surface area (Å²) in [4.78, 5) is 31.5. The summed E-state index contributed by atoms with van der Waals surface area (Å²) in [6.07, 6.45) is 1.69. The van der Waals surface area contributed by atoms with Crippen LogP contribution >= 0.6 is 23.4 Å². The van der Waals surface area contributed by atoms with Gasteiger partial charge in [-0.1, -0.05) is 53.7 Å². The highest BCUT2D eigenvalue weighted by atomic mass is 35.5. The van der Waals surface area contributed by atoms with E-state index in [4.69, 9.17) is 11.6 Å². The lowest BCUT2D eigenvalue weighted by molar-refractivity contribution is -0.113. The minimum atomic E-state index is -0.403. The molecule has 0 saturated carbocycles. The number of Topliss-reactive ketones (excluding diaryl/α,β-unsaturated/α-hetero) is 1. The van der Waals surface area contributed by atoms with Crippen LogP contribution in [0, 0.1) is 5.82 Å². The van der Waals surface area contributed by atoms with Crippen molar-refractivity contribution < 1.29 is 14.0 Å². The third kappa shape index (κ3) is 4.93. The summed E-state index contributed by atoms with van der Waals surface area (Å²) < 4.78 is 13.4. The monoisotopic (exact) mass is 450 g/mol. The zero-order valence-corrected chi connectivity index (χ0v) is 17.7. The first-order chi connectivity index (χ1) is 15.0. The average Bonchev–Trinajstić information content (AvgIpc) is 3.09. The van der Waals surface area contributed by atoms with E-state index in [1.165, 1.54) is 29.2 Å². The summed E-state index contributed by atoms with van der Waals surface area (Å²) in [6, 6.07) is 21.6. The second kappa shape index (κ2) is 9.29. The van der Waals surface area contributed by atoms with Gasteiger partial charge in [0.25, 0.3) is 5.91 Å². The summed E-state index contributed by atoms with van der Waals surface area (Å²) in [5.41, 5.74) is 2.08. The molecule has 0 saturated heterocycles. The van der Waals surface area contributed by atoms with Crippen molar-refractivity contribution in [2.75, 3.05) is 10.7 Å². The number of hydrogen-bond donors (Lipinski definition) is 0. The minimum Gasteiger partial charge on any atom is -0.293 e. The minimum absolute atomic E-state index is 0.0874. The number of thioether (sulfide) groups is 1. The van der Waals surface area contributed by atoms with Gasteiger partial charge in [0, 0.05) is 10.6 Å². The standard InChI is InChI=1S/C24H16ClFN2O2S/c25-18-8-6-17(7-9-18)22(29)15-31-24-27-21(14-16-4-2-1-3-5-16)23(30)28(24)20-12-10-19(26)11-13-20/h1-14H,15H2/b21-14+. The van der Waals surface area contributed by atoms with E-state index < -0.39 is 5.82 Å². The fourth-order valence-electron chi connectivity index (χ4n) is 2.97. The maximum Gasteiger partial charge on any atom is 0.283 e. The number of carbonyl (C=O) groups excluding carboxylic acids is 2. The Bertz CT molecular complexity index is 1180. The maximum absolute atomic E-state index is 13.4. The first-order valence-corrected chi connectivity index (χ1v) is 10.7. The molecule has 4 rings (SSSR count). The third-order valence-corrected chi connectivity index (χ3v) is 5.71. The van der Waals surface area contributed by atoms with Crippen molar-refractivity contribution in [2.45, 2.75) is 0 Å². The number of halogens is 2. The van der Waals surface area contributed by atoms with E-state index in [0.717, 1.165) is 17.3 Å². The lowest BCUT2D eigenvalue weighted by atomic mass is 10.1. The number of anilines is 1. The van der Waals surface area contributed by atoms with Crippen LogP contribution in [0.25, 0.3) is 6.08 Å². The molecule has 0 radical (unpaired) electrons. The molecule has 0 spiro atoms. The molecular formula is C24H16ClFN2O2S. The molecule has 0 atom stereocenters. The highest BCUT2D eigenvalue weighted by Gasteiger charge is 2.32. The van der Waals surface area contributed by atoms with Crippen molar-refractivity contribution in [1.29, 1.82) is 0 Å². The Morgan fingerprint density at radius 1 is 1.00 bits per heavy atom. The summed E-state index contributed by atoms with van der Waals surface area (Å²) in [6.45, 7) is 0. The van der Waals surface area contributed by atoms with E-state index in [1.807, 2.05) is 30.3 Å². The van der Waals surface area contributed by atoms with Crippen molar-refractivity contribution in [3.63, 3.8) is 0 Å². The van der Waals surface area contributed by atoms with Gasteiger partial charge in [0.2, 0.25) is 0 Å². The molecule has 0 bridgehead atoms. The number of amidine groups is 1. The van der Waals surface area contributed by atoms with Crippen LogP contribution in [0.2, 0.25) is 5.02 Å². The molecule has 7 heteroatoms. The van der Waals surface area contributed by atoms with Crippen molar-refractivity contribution >= 4 is 52.0 Å². The van der Waals surface area contributed by atoms with Crippen LogP contribution in [-0.2, 0) is 4.79 Å². The number of aliphatic imine (C=N–C) groups is 1. The molecule has 1 heterocycles. The Labute approximate surface area is 188 Å². The Morgan fingerprint density at radius 3 is 2.35 bits per heavy atom. The van der Waals surface area contributed by atoms with Crippen LogP contribution in [0.4, 0.5) is 10.1 Å². The molecule has 31 heavy (non-hydrogen) atoms. The molecular weight excluding hydrogens is 435 g/mol. The molecule has 3 aromatic rings. The lowest BCUT2D eigenvalue weighted by Crippen LogP contribution is -2.30. The second-order valence-electron chi connectivity index (χ2n) is 6.67. The normalized spacial score (nSPS) is 14.8. The zero-order valence-electron chi connectivity index (χ0n) is 16.2. The topological polar surface area (TPSA) is 49.7 Å². The highest BCUT2D eigenvalue weighted by Crippen LogP contribution is 2.30. The van der Waals surface area contributed by atoms with E-state index in [9.17, 15) is 14.0 Å². The molecule has 3 aromatic carbocycles. The van der Waals surface area contributed by atoms with Gasteiger partial charge in [0.15, 0.2) is 11.0 Å². The van der Waals surface area contributed by atoms with Gasteiger partial charge in [0.1, 0.15) is 11.5 Å². The summed E-state index contributed by atoms with van der Waals surface area (Å²) in [5.74, 6) is -0.767. The van der Waals surface area contributed by atoms with Crippen molar-refractivity contribution in [1.82, 2.24) is 0 Å². The van der Waals surface area contributed by atoms with Gasteiger partial charge in [-0.15, -0.1) is 0 Å². The summed E-state index contributed by atoms with van der Waals surface area (Å²) in [5, 5.41) is 0.911. The smallest absolute Gasteiger partial charge is 0.283 e. The first-order valence-electron chi connectivity index (χ1n) is 9.38. The zero-order chi connectivity index (χ0) is 21.8. The van der Waals surface area contributed by atoms with Gasteiger partial charge in [-0.3, -0.25) is 14.5 Å². The first kappa shape index (κ1) is 21.0. The number of rotatable bonds is 5. The van der Waals surface area contributed by atoms with E-state index in [-0.39, 0.29) is 23.1 Å². The largest absolute Gasteiger partial charge is 0.293 e. The van der Waals surface area contributed by atoms with Gasteiger partial charge < -0.3 is 0 Å². The van der Waals surface area contributed by atoms with E-state index >= 15 is 0 Å². The van der Waals surface area contributed by atoms with Crippen LogP contribution in [0.15, 0.2) is 89.6 Å². The van der Waals surface area contributed by atoms with E-state index in [1.54, 1.807) is 30.3 Å². The number of ketones is 1. The van der Waals surface area contributed by atoms with Crippen LogP contribution in [0.3, 0.4) is 0 Å². The third-order valence-electron chi connectivity index (χ3n) is 4.52. The number of nitrogens with zero attached hydrogens (tertiary/aromatic N) is 2. The lowest BCUT2D eigenvalue weighted by Gasteiger charge is -2.17. The number of hydrogen-bond acceptors (Lipinski definition) is 4. The summed E-state index contributed by atoms with van der Waals surface area (Å²) in [7, 11) is 0. The van der Waals surface area contributed by atoms with Gasteiger partial charge in [-0.25, -0.2) is 9.38 Å². The van der Waals surface area contributed by atoms with Crippen molar-refractivity contribution in [3.8, 4) is 0 Å². The second-order valence-corrected chi connectivity index (χ2v) is 8.05. The molecule has 4 nitrogen and oxygen atoms in total. The number of amides is 1. The summed E-state index contributed by atoms with van der Waals surface area (Å²) >= 11 is 7.04. The predicted octanol–water partition coefficient (Wildman–Crippen LogP) is 5.84. The average molecular weight is 451 g/mol. The molecule has 0 aromatic heterocycles. The van der Waals surface area contributed by atoms with Crippen LogP contribution in [0.5, 0.6) is 0 Å². The Hall–Kier alpha value is -3.22. The van der Waals surface area contributed by atoms with Gasteiger partial charge in [0.05, 0.1) is 11.4 Å². The van der Waals surface area contributed by atoms with Crippen LogP contribution < -0.4 is 4.90 Å². The van der Waals surface area contributed by atoms with Gasteiger partial charge >= 0.3 is 0 Å². The molecule has 0 unspecified atom stereocenters. The van der Waals surface area contributed by atoms with Crippen molar-refractivity contribution in [2.24, 2.45) is 4.99 Å². The molecule has 1 amide bonds. The van der Waals surface area contributed by atoms with Crippen molar-refractivity contribution in [3.05, 3.63) is 107 Å². The Morgan fingerprint density at radius 2 is 1.68 bits per heavy atom. The Kier molecular flexibility index (Phi) is 6.30. The molecule has 1 aliphatic rings. The molecule has 1 aliphatic heterocycles.